The highest BCUT2D eigenvalue weighted by molar-refractivity contribution is 8.13. The fourth-order valence-electron chi connectivity index (χ4n) is 6.02. The predicted octanol–water partition coefficient (Wildman–Crippen LogP) is 4.32. The number of rotatable bonds is 7. The van der Waals surface area contributed by atoms with E-state index in [-0.39, 0.29) is 42.3 Å². The number of hydrogen-bond acceptors (Lipinski definition) is 14. The first-order valence-electron chi connectivity index (χ1n) is 15.8. The third-order valence-electron chi connectivity index (χ3n) is 9.15. The van der Waals surface area contributed by atoms with Crippen molar-refractivity contribution in [3.63, 3.8) is 0 Å². The normalized spacial score (nSPS) is 29.9. The number of hydrogen-bond donors (Lipinski definition) is 1. The molecule has 3 aliphatic rings. The number of carbonyl (C=O) groups excluding carboxylic acids is 3. The molecule has 0 aromatic carbocycles. The molecule has 2 saturated heterocycles. The zero-order valence-corrected chi connectivity index (χ0v) is 30.4. The minimum Gasteiger partial charge on any atom is -0.396 e. The van der Waals surface area contributed by atoms with Crippen molar-refractivity contribution >= 4 is 57.0 Å². The Bertz CT molecular complexity index is 1750. The van der Waals surface area contributed by atoms with E-state index < -0.39 is 56.1 Å². The van der Waals surface area contributed by atoms with Crippen LogP contribution in [0.15, 0.2) is 48.9 Å². The van der Waals surface area contributed by atoms with Crippen LogP contribution in [0.25, 0.3) is 6.08 Å². The molecule has 266 valence electrons. The van der Waals surface area contributed by atoms with Crippen molar-refractivity contribution in [2.24, 2.45) is 0 Å². The van der Waals surface area contributed by atoms with Crippen LogP contribution in [-0.4, -0.2) is 78.0 Å². The topological polar surface area (TPSA) is 176 Å². The molecule has 16 heteroatoms. The number of aromatic nitrogens is 1. The number of carbonyl (C=O) groups is 3. The van der Waals surface area contributed by atoms with Gasteiger partial charge >= 0.3 is 5.82 Å². The minimum atomic E-state index is -2.29. The monoisotopic (exact) mass is 736 g/mol. The third-order valence-corrected chi connectivity index (χ3v) is 13.5. The fraction of sp³-hybridized carbons (Fsp3) is 0.545. The van der Waals surface area contributed by atoms with Crippen LogP contribution in [-0.2, 0) is 45.3 Å². The lowest BCUT2D eigenvalue weighted by atomic mass is 9.81. The van der Waals surface area contributed by atoms with Crippen LogP contribution in [0.1, 0.15) is 81.1 Å². The second-order valence-corrected chi connectivity index (χ2v) is 15.9. The molecule has 2 fully saturated rings. The summed E-state index contributed by atoms with van der Waals surface area (Å²) in [5, 5.41) is 13.6. The quantitative estimate of drug-likeness (QED) is 0.315. The molecule has 49 heavy (non-hydrogen) atoms. The van der Waals surface area contributed by atoms with Gasteiger partial charge in [0.05, 0.1) is 37.1 Å². The van der Waals surface area contributed by atoms with Crippen molar-refractivity contribution in [2.75, 3.05) is 20.3 Å². The molecule has 0 spiro atoms. The average Bonchev–Trinajstić information content (AvgIpc) is 3.75. The van der Waals surface area contributed by atoms with Crippen LogP contribution >= 0.6 is 23.1 Å². The van der Waals surface area contributed by atoms with Crippen LogP contribution in [0.5, 0.6) is 0 Å². The number of fused-ring (bicyclic) bond motifs is 4. The number of ketones is 1. The summed E-state index contributed by atoms with van der Waals surface area (Å²) in [5.74, 6) is -2.62. The zero-order valence-electron chi connectivity index (χ0n) is 27.9. The second-order valence-electron chi connectivity index (χ2n) is 12.4. The number of ether oxygens (including phenoxy) is 3. The largest absolute Gasteiger partial charge is 0.519 e. The van der Waals surface area contributed by atoms with Gasteiger partial charge in [0.2, 0.25) is 11.0 Å². The molecular formula is C33H40N2O11S3. The summed E-state index contributed by atoms with van der Waals surface area (Å²) >= 11 is 1.94. The fourth-order valence-corrected chi connectivity index (χ4v) is 9.95. The van der Waals surface area contributed by atoms with Crippen molar-refractivity contribution in [2.45, 2.75) is 93.8 Å². The number of thiazole rings is 1. The van der Waals surface area contributed by atoms with E-state index >= 15 is 0 Å². The Hall–Kier alpha value is -2.99. The number of nitrogens with zero attached hydrogens (tertiary/aromatic N) is 2. The van der Waals surface area contributed by atoms with Gasteiger partial charge in [-0.15, -0.1) is 11.3 Å². The predicted molar refractivity (Wildman–Crippen MR) is 183 cm³/mol. The van der Waals surface area contributed by atoms with E-state index in [9.17, 15) is 28.5 Å². The first-order chi connectivity index (χ1) is 23.2. The second kappa shape index (κ2) is 15.1. The number of thioether (sulfide) groups is 1. The van der Waals surface area contributed by atoms with Gasteiger partial charge in [0.1, 0.15) is 38.2 Å². The van der Waals surface area contributed by atoms with E-state index in [1.165, 1.54) is 42.7 Å². The zero-order chi connectivity index (χ0) is 35.6. The average molecular weight is 737 g/mol. The van der Waals surface area contributed by atoms with E-state index in [2.05, 4.69) is 4.98 Å². The molecule has 5 atom stereocenters. The van der Waals surface area contributed by atoms with E-state index in [0.717, 1.165) is 0 Å². The Kier molecular flexibility index (Phi) is 11.5. The summed E-state index contributed by atoms with van der Waals surface area (Å²) in [5.41, 5.74) is -1.07. The molecule has 0 saturated carbocycles. The molecule has 2 aromatic rings. The van der Waals surface area contributed by atoms with Gasteiger partial charge in [0.25, 0.3) is 0 Å². The number of allylic oxidation sites excluding steroid dienone is 3. The number of amides is 1. The van der Waals surface area contributed by atoms with E-state index in [1.54, 1.807) is 43.5 Å². The summed E-state index contributed by atoms with van der Waals surface area (Å²) in [4.78, 5) is 57.2. The molecule has 0 aliphatic carbocycles. The highest BCUT2D eigenvalue weighted by atomic mass is 32.2. The number of aliphatic hydroxyl groups is 1. The Morgan fingerprint density at radius 2 is 1.90 bits per heavy atom. The van der Waals surface area contributed by atoms with Crippen LogP contribution in [0.3, 0.4) is 0 Å². The SMILES string of the molecule is COC1(O[C@@H]2/C=C(\C)CC[C@]3([C@@](C)(O)C(=O)SCc4oc(=O)oc4C)CC(=O)N([C@H](C)c4nc(cs4)/C=C\C=C\C2=O)[S@]3=O)CCOCC1. The van der Waals surface area contributed by atoms with Crippen LogP contribution in [0.2, 0.25) is 0 Å². The molecule has 1 N–H and O–H groups in total. The van der Waals surface area contributed by atoms with Gasteiger partial charge in [-0.3, -0.25) is 18.7 Å². The molecular weight excluding hydrogens is 697 g/mol. The maximum atomic E-state index is 14.6. The molecule has 2 aromatic heterocycles. The molecule has 13 nitrogen and oxygen atoms in total. The lowest BCUT2D eigenvalue weighted by molar-refractivity contribution is -0.264. The van der Waals surface area contributed by atoms with Crippen LogP contribution in [0.4, 0.5) is 0 Å². The summed E-state index contributed by atoms with van der Waals surface area (Å²) < 4.78 is 41.5. The van der Waals surface area contributed by atoms with Gasteiger partial charge in [-0.2, -0.15) is 0 Å². The highest BCUT2D eigenvalue weighted by Gasteiger charge is 2.64. The van der Waals surface area contributed by atoms with Gasteiger partial charge in [-0.05, 0) is 58.8 Å². The van der Waals surface area contributed by atoms with Crippen molar-refractivity contribution in [1.29, 1.82) is 0 Å². The summed E-state index contributed by atoms with van der Waals surface area (Å²) in [6.07, 6.45) is 7.54. The standard InChI is InChI=1S/C33H40N2O11S3/c1-20-10-11-32(31(4,40)29(38)48-19-26-22(3)44-30(39)45-26)17-27(37)35(49(32)41)21(2)28-34-23(18-47-28)8-6-7-9-24(36)25(16-20)46-33(42-5)12-14-43-15-13-33/h6-9,16,18,21,25,40H,10-15,17,19H2,1-5H3/b8-6-,9-7+,20-16+/t21-,25-,31+,32-,49+/m1/s1. The van der Waals surface area contributed by atoms with E-state index in [1.807, 2.05) is 0 Å². The number of aryl methyl sites for hydroxylation is 1. The molecule has 5 heterocycles. The third kappa shape index (κ3) is 7.70. The number of methoxy groups -OCH3 is 1. The Balaban J connectivity index is 1.53. The van der Waals surface area contributed by atoms with Gasteiger partial charge < -0.3 is 28.2 Å². The van der Waals surface area contributed by atoms with Gasteiger partial charge in [0.15, 0.2) is 17.3 Å². The molecule has 1 amide bonds. The van der Waals surface area contributed by atoms with E-state index in [4.69, 9.17) is 23.0 Å². The molecule has 5 rings (SSSR count). The smallest absolute Gasteiger partial charge is 0.396 e. The van der Waals surface area contributed by atoms with Crippen molar-refractivity contribution in [3.05, 3.63) is 68.1 Å². The minimum absolute atomic E-state index is 0.0549. The first-order valence-corrected chi connectivity index (χ1v) is 18.7. The molecule has 0 unspecified atom stereocenters. The lowest BCUT2D eigenvalue weighted by Crippen LogP contribution is -2.58. The van der Waals surface area contributed by atoms with Crippen LogP contribution in [0, 0.1) is 6.92 Å². The summed E-state index contributed by atoms with van der Waals surface area (Å²) in [6.45, 7) is 7.05. The Morgan fingerprint density at radius 1 is 1.18 bits per heavy atom. The van der Waals surface area contributed by atoms with Crippen molar-refractivity contribution < 1.29 is 46.7 Å². The maximum Gasteiger partial charge on any atom is 0.519 e. The summed E-state index contributed by atoms with van der Waals surface area (Å²) in [7, 11) is -0.684. The maximum absolute atomic E-state index is 14.6. The van der Waals surface area contributed by atoms with Crippen molar-refractivity contribution in [1.82, 2.24) is 9.29 Å². The van der Waals surface area contributed by atoms with Gasteiger partial charge in [-0.1, -0.05) is 29.5 Å². The van der Waals surface area contributed by atoms with E-state index in [0.29, 0.717) is 54.1 Å². The molecule has 3 aliphatic heterocycles. The van der Waals surface area contributed by atoms with Crippen molar-refractivity contribution in [3.8, 4) is 0 Å². The molecule has 0 radical (unpaired) electrons. The highest BCUT2D eigenvalue weighted by Crippen LogP contribution is 2.48. The summed E-state index contributed by atoms with van der Waals surface area (Å²) in [6, 6.07) is -0.726. The molecule has 4 bridgehead atoms. The lowest BCUT2D eigenvalue weighted by Gasteiger charge is -2.40. The van der Waals surface area contributed by atoms with Gasteiger partial charge in [-0.25, -0.2) is 14.0 Å². The van der Waals surface area contributed by atoms with Crippen LogP contribution < -0.4 is 5.82 Å². The van der Waals surface area contributed by atoms with Gasteiger partial charge in [0, 0.05) is 25.3 Å². The Labute approximate surface area is 294 Å². The first kappa shape index (κ1) is 37.3. The Morgan fingerprint density at radius 3 is 2.57 bits per heavy atom.